The molecule has 0 atom stereocenters. The van der Waals surface area contributed by atoms with Gasteiger partial charge in [-0.15, -0.1) is 0 Å². The predicted octanol–water partition coefficient (Wildman–Crippen LogP) is 2.20. The fourth-order valence-corrected chi connectivity index (χ4v) is 3.97. The van der Waals surface area contributed by atoms with Crippen LogP contribution in [0.25, 0.3) is 0 Å². The average Bonchev–Trinajstić information content (AvgIpc) is 2.56. The molecule has 1 aromatic heterocycles. The molecule has 25 heavy (non-hydrogen) atoms. The first-order chi connectivity index (χ1) is 11.8. The van der Waals surface area contributed by atoms with Crippen LogP contribution >= 0.6 is 0 Å². The maximum Gasteiger partial charge on any atom is 0.289 e. The Morgan fingerprint density at radius 2 is 1.84 bits per heavy atom. The molecule has 0 saturated carbocycles. The summed E-state index contributed by atoms with van der Waals surface area (Å²) in [6.07, 6.45) is 3.26. The van der Waals surface area contributed by atoms with Gasteiger partial charge in [0.1, 0.15) is 5.76 Å². The Morgan fingerprint density at radius 1 is 1.16 bits per heavy atom. The topological polar surface area (TPSA) is 70.8 Å². The number of carbonyl (C=O) groups excluding carboxylic acids is 2. The van der Waals surface area contributed by atoms with E-state index in [1.165, 1.54) is 12.1 Å². The van der Waals surface area contributed by atoms with Gasteiger partial charge in [-0.2, -0.15) is 0 Å². The molecule has 2 fully saturated rings. The highest BCUT2D eigenvalue weighted by Gasteiger charge is 2.42. The Labute approximate surface area is 147 Å². The third kappa shape index (κ3) is 3.62. The van der Waals surface area contributed by atoms with Crippen LogP contribution in [0.3, 0.4) is 0 Å². The second-order valence-corrected chi connectivity index (χ2v) is 7.68. The Balaban J connectivity index is 1.68. The van der Waals surface area contributed by atoms with Crippen LogP contribution in [0.4, 0.5) is 0 Å². The Morgan fingerprint density at radius 3 is 2.44 bits per heavy atom. The van der Waals surface area contributed by atoms with Gasteiger partial charge in [0, 0.05) is 44.2 Å². The van der Waals surface area contributed by atoms with Crippen LogP contribution in [0.15, 0.2) is 21.3 Å². The monoisotopic (exact) mass is 346 g/mol. The van der Waals surface area contributed by atoms with Crippen molar-refractivity contribution in [2.75, 3.05) is 19.6 Å². The van der Waals surface area contributed by atoms with Gasteiger partial charge in [0.15, 0.2) is 11.2 Å². The SMILES string of the molecule is Cc1cc(=O)cc(C(=O)N2CCC3(CCC(=O)N(C(C)C)C3)CC2)o1. The molecule has 2 aliphatic rings. The number of nitrogens with zero attached hydrogens (tertiary/aromatic N) is 2. The van der Waals surface area contributed by atoms with Crippen molar-refractivity contribution in [1.29, 1.82) is 0 Å². The van der Waals surface area contributed by atoms with E-state index < -0.39 is 0 Å². The summed E-state index contributed by atoms with van der Waals surface area (Å²) in [4.78, 5) is 40.1. The largest absolute Gasteiger partial charge is 0.456 e. The summed E-state index contributed by atoms with van der Waals surface area (Å²) in [6, 6.07) is 2.85. The van der Waals surface area contributed by atoms with Gasteiger partial charge in [-0.1, -0.05) is 0 Å². The van der Waals surface area contributed by atoms with Crippen molar-refractivity contribution >= 4 is 11.8 Å². The summed E-state index contributed by atoms with van der Waals surface area (Å²) < 4.78 is 5.43. The minimum Gasteiger partial charge on any atom is -0.456 e. The minimum atomic E-state index is -0.219. The molecule has 2 saturated heterocycles. The zero-order valence-electron chi connectivity index (χ0n) is 15.2. The maximum atomic E-state index is 12.6. The van der Waals surface area contributed by atoms with Crippen LogP contribution in [0.1, 0.15) is 55.8 Å². The smallest absolute Gasteiger partial charge is 0.289 e. The lowest BCUT2D eigenvalue weighted by molar-refractivity contribution is -0.141. The number of hydrogen-bond acceptors (Lipinski definition) is 4. The molecule has 1 spiro atoms. The molecule has 6 heteroatoms. The highest BCUT2D eigenvalue weighted by atomic mass is 16.3. The van der Waals surface area contributed by atoms with Crippen LogP contribution in [0.2, 0.25) is 0 Å². The number of hydrogen-bond donors (Lipinski definition) is 0. The van der Waals surface area contributed by atoms with E-state index in [-0.39, 0.29) is 34.5 Å². The van der Waals surface area contributed by atoms with Gasteiger partial charge in [-0.05, 0) is 45.4 Å². The van der Waals surface area contributed by atoms with E-state index in [2.05, 4.69) is 13.8 Å². The summed E-state index contributed by atoms with van der Waals surface area (Å²) >= 11 is 0. The van der Waals surface area contributed by atoms with Crippen LogP contribution in [-0.2, 0) is 4.79 Å². The van der Waals surface area contributed by atoms with Gasteiger partial charge in [0.25, 0.3) is 5.91 Å². The normalized spacial score (nSPS) is 20.4. The molecule has 0 unspecified atom stereocenters. The molecule has 1 aromatic rings. The lowest BCUT2D eigenvalue weighted by Gasteiger charge is -2.48. The highest BCUT2D eigenvalue weighted by Crippen LogP contribution is 2.41. The van der Waals surface area contributed by atoms with Crippen LogP contribution < -0.4 is 5.43 Å². The molecule has 3 rings (SSSR count). The van der Waals surface area contributed by atoms with Gasteiger partial charge < -0.3 is 14.2 Å². The lowest BCUT2D eigenvalue weighted by Crippen LogP contribution is -2.54. The summed E-state index contributed by atoms with van der Waals surface area (Å²) in [7, 11) is 0. The molecule has 2 amide bonds. The Hall–Kier alpha value is -2.11. The molecule has 0 radical (unpaired) electrons. The number of likely N-dealkylation sites (tertiary alicyclic amines) is 2. The summed E-state index contributed by atoms with van der Waals surface area (Å²) in [6.45, 7) is 7.83. The van der Waals surface area contributed by atoms with Gasteiger partial charge in [0.05, 0.1) is 0 Å². The highest BCUT2D eigenvalue weighted by molar-refractivity contribution is 5.91. The third-order valence-corrected chi connectivity index (χ3v) is 5.53. The van der Waals surface area contributed by atoms with E-state index in [1.54, 1.807) is 11.8 Å². The van der Waals surface area contributed by atoms with E-state index in [1.807, 2.05) is 4.90 Å². The molecule has 0 aliphatic carbocycles. The Kier molecular flexibility index (Phi) is 4.71. The van der Waals surface area contributed by atoms with Crippen molar-refractivity contribution in [1.82, 2.24) is 9.80 Å². The fourth-order valence-electron chi connectivity index (χ4n) is 3.97. The third-order valence-electron chi connectivity index (χ3n) is 5.53. The van der Waals surface area contributed by atoms with E-state index in [0.717, 1.165) is 25.8 Å². The molecular weight excluding hydrogens is 320 g/mol. The Bertz CT molecular complexity index is 729. The van der Waals surface area contributed by atoms with Crippen LogP contribution in [-0.4, -0.2) is 47.3 Å². The molecule has 0 aromatic carbocycles. The predicted molar refractivity (Wildman–Crippen MR) is 93.4 cm³/mol. The van der Waals surface area contributed by atoms with E-state index >= 15 is 0 Å². The van der Waals surface area contributed by atoms with Crippen LogP contribution in [0.5, 0.6) is 0 Å². The number of aryl methyl sites for hydroxylation is 1. The first-order valence-corrected chi connectivity index (χ1v) is 9.00. The fraction of sp³-hybridized carbons (Fsp3) is 0.632. The summed E-state index contributed by atoms with van der Waals surface area (Å²) in [5.41, 5.74) is -0.0958. The van der Waals surface area contributed by atoms with E-state index in [4.69, 9.17) is 4.42 Å². The molecule has 136 valence electrons. The molecule has 6 nitrogen and oxygen atoms in total. The van der Waals surface area contributed by atoms with Gasteiger partial charge >= 0.3 is 0 Å². The van der Waals surface area contributed by atoms with Crippen molar-refractivity contribution < 1.29 is 14.0 Å². The van der Waals surface area contributed by atoms with Crippen molar-refractivity contribution in [3.8, 4) is 0 Å². The first kappa shape index (κ1) is 17.7. The number of amides is 2. The molecule has 2 aliphatic heterocycles. The van der Waals surface area contributed by atoms with Gasteiger partial charge in [-0.25, -0.2) is 0 Å². The first-order valence-electron chi connectivity index (χ1n) is 9.00. The van der Waals surface area contributed by atoms with E-state index in [0.29, 0.717) is 25.3 Å². The second-order valence-electron chi connectivity index (χ2n) is 7.68. The number of rotatable bonds is 2. The van der Waals surface area contributed by atoms with Gasteiger partial charge in [-0.3, -0.25) is 14.4 Å². The molecule has 3 heterocycles. The zero-order valence-corrected chi connectivity index (χ0v) is 15.2. The maximum absolute atomic E-state index is 12.6. The quantitative estimate of drug-likeness (QED) is 0.823. The summed E-state index contributed by atoms with van der Waals surface area (Å²) in [5, 5.41) is 0. The molecule has 0 N–H and O–H groups in total. The minimum absolute atomic E-state index is 0.113. The van der Waals surface area contributed by atoms with Crippen LogP contribution in [0, 0.1) is 12.3 Å². The van der Waals surface area contributed by atoms with E-state index in [9.17, 15) is 14.4 Å². The lowest BCUT2D eigenvalue weighted by atomic mass is 9.72. The zero-order chi connectivity index (χ0) is 18.2. The second kappa shape index (κ2) is 6.65. The molecular formula is C19H26N2O4. The van der Waals surface area contributed by atoms with Crippen molar-refractivity contribution in [3.05, 3.63) is 33.9 Å². The average molecular weight is 346 g/mol. The van der Waals surface area contributed by atoms with Crippen molar-refractivity contribution in [2.45, 2.75) is 52.5 Å². The number of piperidine rings is 2. The molecule has 0 bridgehead atoms. The van der Waals surface area contributed by atoms with Crippen molar-refractivity contribution in [2.24, 2.45) is 5.41 Å². The summed E-state index contributed by atoms with van der Waals surface area (Å²) in [5.74, 6) is 0.579. The number of carbonyl (C=O) groups is 2. The van der Waals surface area contributed by atoms with Gasteiger partial charge in [0.2, 0.25) is 5.91 Å². The standard InChI is InChI=1S/C19H26N2O4/c1-13(2)21-12-19(5-4-17(21)23)6-8-20(9-7-19)18(24)16-11-15(22)10-14(3)25-16/h10-11,13H,4-9,12H2,1-3H3. The van der Waals surface area contributed by atoms with Crippen molar-refractivity contribution in [3.63, 3.8) is 0 Å².